The maximum Gasteiger partial charge on any atom is 0.243 e. The van der Waals surface area contributed by atoms with Crippen LogP contribution in [0.4, 0.5) is 17.1 Å². The Morgan fingerprint density at radius 2 is 1.57 bits per heavy atom. The minimum Gasteiger partial charge on any atom is -0.491 e. The van der Waals surface area contributed by atoms with Crippen LogP contribution in [-0.2, 0) is 9.59 Å². The Kier molecular flexibility index (Phi) is 7.87. The third-order valence-electron chi connectivity index (χ3n) is 4.10. The summed E-state index contributed by atoms with van der Waals surface area (Å²) in [6.07, 6.45) is 0.414. The molecule has 3 N–H and O–H groups in total. The highest BCUT2D eigenvalue weighted by molar-refractivity contribution is 5.96. The standard InChI is InChI=1S/C22H29N3O3/c1-5-21(26)24-18-11-8-10-17(16(18)4)23-13-22(27)25-19-9-6-7-12-20(19)28-14-15(2)3/h6-12,15,23H,5,13-14H2,1-4H3,(H,24,26)(H,25,27). The zero-order chi connectivity index (χ0) is 20.5. The Labute approximate surface area is 166 Å². The fourth-order valence-corrected chi connectivity index (χ4v) is 2.52. The minimum atomic E-state index is -0.178. The zero-order valence-corrected chi connectivity index (χ0v) is 17.0. The molecule has 2 rings (SSSR count). The van der Waals surface area contributed by atoms with Crippen molar-refractivity contribution in [3.05, 3.63) is 48.0 Å². The molecule has 28 heavy (non-hydrogen) atoms. The first-order valence-electron chi connectivity index (χ1n) is 9.55. The molecule has 2 aromatic carbocycles. The first-order chi connectivity index (χ1) is 13.4. The number of carbonyl (C=O) groups is 2. The largest absolute Gasteiger partial charge is 0.491 e. The van der Waals surface area contributed by atoms with Crippen molar-refractivity contribution >= 4 is 28.9 Å². The van der Waals surface area contributed by atoms with Gasteiger partial charge in [0.15, 0.2) is 0 Å². The van der Waals surface area contributed by atoms with Crippen molar-refractivity contribution in [3.8, 4) is 5.75 Å². The normalized spacial score (nSPS) is 10.5. The van der Waals surface area contributed by atoms with Gasteiger partial charge in [-0.15, -0.1) is 0 Å². The monoisotopic (exact) mass is 383 g/mol. The van der Waals surface area contributed by atoms with Gasteiger partial charge in [-0.1, -0.05) is 39.0 Å². The number of rotatable bonds is 9. The summed E-state index contributed by atoms with van der Waals surface area (Å²) < 4.78 is 5.77. The van der Waals surface area contributed by atoms with E-state index < -0.39 is 0 Å². The van der Waals surface area contributed by atoms with E-state index in [0.29, 0.717) is 30.4 Å². The number of hydrogen-bond donors (Lipinski definition) is 3. The molecule has 0 aliphatic heterocycles. The second-order valence-corrected chi connectivity index (χ2v) is 6.98. The second-order valence-electron chi connectivity index (χ2n) is 6.98. The van der Waals surface area contributed by atoms with Gasteiger partial charge in [0.05, 0.1) is 18.8 Å². The van der Waals surface area contributed by atoms with Gasteiger partial charge in [0.2, 0.25) is 11.8 Å². The lowest BCUT2D eigenvalue weighted by Gasteiger charge is -2.15. The summed E-state index contributed by atoms with van der Waals surface area (Å²) in [6, 6.07) is 13.0. The molecule has 2 amide bonds. The predicted molar refractivity (Wildman–Crippen MR) is 114 cm³/mol. The van der Waals surface area contributed by atoms with Gasteiger partial charge in [-0.2, -0.15) is 0 Å². The van der Waals surface area contributed by atoms with Crippen molar-refractivity contribution in [1.29, 1.82) is 0 Å². The molecule has 0 radical (unpaired) electrons. The van der Waals surface area contributed by atoms with Gasteiger partial charge in [0.1, 0.15) is 5.75 Å². The first-order valence-corrected chi connectivity index (χ1v) is 9.55. The molecule has 0 aliphatic rings. The molecule has 0 unspecified atom stereocenters. The van der Waals surface area contributed by atoms with Crippen molar-refractivity contribution in [2.45, 2.75) is 34.1 Å². The third kappa shape index (κ3) is 6.30. The summed E-state index contributed by atoms with van der Waals surface area (Å²) in [6.45, 7) is 8.54. The van der Waals surface area contributed by atoms with Gasteiger partial charge in [0, 0.05) is 17.8 Å². The fourth-order valence-electron chi connectivity index (χ4n) is 2.52. The van der Waals surface area contributed by atoms with Crippen LogP contribution in [0.25, 0.3) is 0 Å². The Morgan fingerprint density at radius 1 is 0.929 bits per heavy atom. The number of ether oxygens (including phenoxy) is 1. The molecule has 0 aliphatic carbocycles. The molecule has 0 saturated heterocycles. The summed E-state index contributed by atoms with van der Waals surface area (Å²) in [5.41, 5.74) is 3.08. The van der Waals surface area contributed by atoms with E-state index >= 15 is 0 Å². The van der Waals surface area contributed by atoms with Crippen molar-refractivity contribution in [2.75, 3.05) is 29.1 Å². The molecule has 0 spiro atoms. The van der Waals surface area contributed by atoms with Gasteiger partial charge in [0.25, 0.3) is 0 Å². The molecule has 150 valence electrons. The van der Waals surface area contributed by atoms with E-state index in [4.69, 9.17) is 4.74 Å². The van der Waals surface area contributed by atoms with Gasteiger partial charge >= 0.3 is 0 Å². The lowest BCUT2D eigenvalue weighted by atomic mass is 10.1. The molecule has 0 atom stereocenters. The van der Waals surface area contributed by atoms with E-state index in [1.54, 1.807) is 6.92 Å². The number of anilines is 3. The lowest BCUT2D eigenvalue weighted by Crippen LogP contribution is -2.22. The molecular formula is C22H29N3O3. The summed E-state index contributed by atoms with van der Waals surface area (Å²) in [4.78, 5) is 24.0. The highest BCUT2D eigenvalue weighted by Gasteiger charge is 2.10. The van der Waals surface area contributed by atoms with E-state index in [1.807, 2.05) is 49.4 Å². The number of carbonyl (C=O) groups excluding carboxylic acids is 2. The van der Waals surface area contributed by atoms with Crippen LogP contribution in [0.2, 0.25) is 0 Å². The minimum absolute atomic E-state index is 0.0454. The average molecular weight is 383 g/mol. The molecular weight excluding hydrogens is 354 g/mol. The first kappa shape index (κ1) is 21.3. The van der Waals surface area contributed by atoms with Crippen molar-refractivity contribution in [1.82, 2.24) is 0 Å². The van der Waals surface area contributed by atoms with Crippen LogP contribution in [0, 0.1) is 12.8 Å². The van der Waals surface area contributed by atoms with Crippen molar-refractivity contribution < 1.29 is 14.3 Å². The Hall–Kier alpha value is -3.02. The predicted octanol–water partition coefficient (Wildman–Crippen LogP) is 4.43. The molecule has 2 aromatic rings. The van der Waals surface area contributed by atoms with Crippen molar-refractivity contribution in [2.24, 2.45) is 5.92 Å². The fraction of sp³-hybridized carbons (Fsp3) is 0.364. The molecule has 0 heterocycles. The van der Waals surface area contributed by atoms with Gasteiger partial charge in [-0.3, -0.25) is 9.59 Å². The van der Waals surface area contributed by atoms with Crippen LogP contribution in [0.5, 0.6) is 5.75 Å². The van der Waals surface area contributed by atoms with E-state index in [1.165, 1.54) is 0 Å². The molecule has 0 saturated carbocycles. The van der Waals surface area contributed by atoms with Crippen LogP contribution in [0.3, 0.4) is 0 Å². The van der Waals surface area contributed by atoms with Gasteiger partial charge in [-0.05, 0) is 42.7 Å². The molecule has 0 bridgehead atoms. The number of para-hydroxylation sites is 2. The topological polar surface area (TPSA) is 79.5 Å². The Morgan fingerprint density at radius 3 is 2.29 bits per heavy atom. The number of hydrogen-bond acceptors (Lipinski definition) is 4. The highest BCUT2D eigenvalue weighted by atomic mass is 16.5. The third-order valence-corrected chi connectivity index (χ3v) is 4.10. The summed E-state index contributed by atoms with van der Waals surface area (Å²) in [5.74, 6) is 0.831. The number of nitrogens with one attached hydrogen (secondary N) is 3. The smallest absolute Gasteiger partial charge is 0.243 e. The highest BCUT2D eigenvalue weighted by Crippen LogP contribution is 2.25. The zero-order valence-electron chi connectivity index (χ0n) is 17.0. The molecule has 6 nitrogen and oxygen atoms in total. The number of amides is 2. The maximum absolute atomic E-state index is 12.4. The van der Waals surface area contributed by atoms with Crippen LogP contribution in [0.1, 0.15) is 32.8 Å². The van der Waals surface area contributed by atoms with E-state index in [2.05, 4.69) is 29.8 Å². The van der Waals surface area contributed by atoms with Crippen LogP contribution in [0.15, 0.2) is 42.5 Å². The molecule has 6 heteroatoms. The summed E-state index contributed by atoms with van der Waals surface area (Å²) >= 11 is 0. The van der Waals surface area contributed by atoms with E-state index in [9.17, 15) is 9.59 Å². The van der Waals surface area contributed by atoms with E-state index in [0.717, 1.165) is 16.9 Å². The SMILES string of the molecule is CCC(=O)Nc1cccc(NCC(=O)Nc2ccccc2OCC(C)C)c1C. The molecule has 0 aromatic heterocycles. The molecule has 0 fully saturated rings. The van der Waals surface area contributed by atoms with Crippen molar-refractivity contribution in [3.63, 3.8) is 0 Å². The van der Waals surface area contributed by atoms with Gasteiger partial charge in [-0.25, -0.2) is 0 Å². The Balaban J connectivity index is 1.98. The van der Waals surface area contributed by atoms with E-state index in [-0.39, 0.29) is 18.4 Å². The quantitative estimate of drug-likeness (QED) is 0.598. The average Bonchev–Trinajstić information content (AvgIpc) is 2.67. The summed E-state index contributed by atoms with van der Waals surface area (Å²) in [5, 5.41) is 8.88. The lowest BCUT2D eigenvalue weighted by molar-refractivity contribution is -0.116. The second kappa shape index (κ2) is 10.3. The summed E-state index contributed by atoms with van der Waals surface area (Å²) in [7, 11) is 0. The van der Waals surface area contributed by atoms with Crippen LogP contribution >= 0.6 is 0 Å². The maximum atomic E-state index is 12.4. The Bertz CT molecular complexity index is 818. The van der Waals surface area contributed by atoms with Gasteiger partial charge < -0.3 is 20.7 Å². The van der Waals surface area contributed by atoms with Crippen LogP contribution in [-0.4, -0.2) is 25.0 Å². The number of benzene rings is 2. The van der Waals surface area contributed by atoms with Crippen LogP contribution < -0.4 is 20.7 Å².